The molecule has 1 aromatic carbocycles. The summed E-state index contributed by atoms with van der Waals surface area (Å²) in [4.78, 5) is 30.9. The third kappa shape index (κ3) is 4.10. The maximum atomic E-state index is 13.6. The van der Waals surface area contributed by atoms with Crippen LogP contribution in [0.2, 0.25) is 0 Å². The Bertz CT molecular complexity index is 910. The summed E-state index contributed by atoms with van der Waals surface area (Å²) in [6.07, 6.45) is 4.44. The summed E-state index contributed by atoms with van der Waals surface area (Å²) in [5, 5.41) is 0. The molecule has 3 atom stereocenters. The number of rotatable bonds is 8. The fourth-order valence-corrected chi connectivity index (χ4v) is 4.96. The third-order valence-electron chi connectivity index (χ3n) is 6.61. The van der Waals surface area contributed by atoms with Crippen molar-refractivity contribution >= 4 is 11.7 Å². The van der Waals surface area contributed by atoms with Gasteiger partial charge in [-0.15, -0.1) is 0 Å². The van der Waals surface area contributed by atoms with E-state index in [-0.39, 0.29) is 29.5 Å². The van der Waals surface area contributed by atoms with Gasteiger partial charge in [0.1, 0.15) is 6.10 Å². The van der Waals surface area contributed by atoms with Crippen molar-refractivity contribution in [2.24, 2.45) is 5.92 Å². The number of nitrogens with zero attached hydrogens (tertiary/aromatic N) is 2. The number of hydrogen-bond donors (Lipinski definition) is 0. The van der Waals surface area contributed by atoms with E-state index in [1.165, 1.54) is 0 Å². The number of benzene rings is 1. The van der Waals surface area contributed by atoms with Gasteiger partial charge in [0.05, 0.1) is 31.2 Å². The van der Waals surface area contributed by atoms with Gasteiger partial charge in [0, 0.05) is 13.1 Å². The minimum absolute atomic E-state index is 0.0759. The monoisotopic (exact) mass is 442 g/mol. The lowest BCUT2D eigenvalue weighted by Crippen LogP contribution is -2.39. The molecule has 0 saturated heterocycles. The van der Waals surface area contributed by atoms with Crippen LogP contribution in [-0.4, -0.2) is 68.5 Å². The summed E-state index contributed by atoms with van der Waals surface area (Å²) in [5.74, 6) is 1.26. The Labute approximate surface area is 190 Å². The second-order valence-electron chi connectivity index (χ2n) is 9.12. The van der Waals surface area contributed by atoms with E-state index in [1.54, 1.807) is 12.0 Å². The molecule has 0 radical (unpaired) electrons. The minimum Gasteiger partial charge on any atom is -0.493 e. The van der Waals surface area contributed by atoms with Gasteiger partial charge in [-0.1, -0.05) is 19.4 Å². The molecule has 3 unspecified atom stereocenters. The zero-order valence-corrected chi connectivity index (χ0v) is 19.6. The van der Waals surface area contributed by atoms with Gasteiger partial charge in [-0.25, -0.2) is 0 Å². The van der Waals surface area contributed by atoms with Crippen LogP contribution in [0.4, 0.5) is 0 Å². The van der Waals surface area contributed by atoms with Crippen molar-refractivity contribution in [3.05, 3.63) is 35.1 Å². The zero-order chi connectivity index (χ0) is 22.8. The molecular formula is C25H34N2O5. The molecule has 1 fully saturated rings. The first kappa shape index (κ1) is 22.6. The molecule has 2 heterocycles. The molecular weight excluding hydrogens is 408 g/mol. The second kappa shape index (κ2) is 9.53. The van der Waals surface area contributed by atoms with Gasteiger partial charge >= 0.3 is 0 Å². The average Bonchev–Trinajstić information content (AvgIpc) is 3.08. The van der Waals surface area contributed by atoms with Gasteiger partial charge in [-0.2, -0.15) is 0 Å². The maximum Gasteiger partial charge on any atom is 0.290 e. The molecule has 1 saturated carbocycles. The summed E-state index contributed by atoms with van der Waals surface area (Å²) in [7, 11) is 5.55. The van der Waals surface area contributed by atoms with E-state index in [0.29, 0.717) is 36.8 Å². The molecule has 0 aromatic heterocycles. The van der Waals surface area contributed by atoms with Crippen LogP contribution in [0.15, 0.2) is 29.5 Å². The molecule has 174 valence electrons. The average molecular weight is 443 g/mol. The van der Waals surface area contributed by atoms with E-state index in [9.17, 15) is 9.59 Å². The quantitative estimate of drug-likeness (QED) is 0.615. The fourth-order valence-electron chi connectivity index (χ4n) is 4.96. The molecule has 32 heavy (non-hydrogen) atoms. The number of amides is 1. The molecule has 0 bridgehead atoms. The van der Waals surface area contributed by atoms with E-state index in [4.69, 9.17) is 14.2 Å². The number of hydrogen-bond acceptors (Lipinski definition) is 6. The number of fused-ring (bicyclic) bond motifs is 1. The number of ether oxygens (including phenoxy) is 3. The number of carbonyl (C=O) groups is 2. The van der Waals surface area contributed by atoms with Gasteiger partial charge in [-0.05, 0) is 57.5 Å². The Kier molecular flexibility index (Phi) is 6.74. The number of ketones is 1. The Morgan fingerprint density at radius 1 is 1.16 bits per heavy atom. The fraction of sp³-hybridized carbons (Fsp3) is 0.600. The molecule has 7 nitrogen and oxygen atoms in total. The zero-order valence-electron chi connectivity index (χ0n) is 19.6. The van der Waals surface area contributed by atoms with Crippen LogP contribution < -0.4 is 9.47 Å². The topological polar surface area (TPSA) is 68.3 Å². The number of carbonyl (C=O) groups excluding carboxylic acids is 2. The van der Waals surface area contributed by atoms with Crippen LogP contribution in [0.5, 0.6) is 11.5 Å². The maximum absolute atomic E-state index is 13.6. The van der Waals surface area contributed by atoms with Gasteiger partial charge in [0.2, 0.25) is 0 Å². The molecule has 2 aliphatic heterocycles. The van der Waals surface area contributed by atoms with E-state index in [2.05, 4.69) is 6.92 Å². The summed E-state index contributed by atoms with van der Waals surface area (Å²) < 4.78 is 17.6. The highest BCUT2D eigenvalue weighted by Gasteiger charge is 2.51. The van der Waals surface area contributed by atoms with Crippen molar-refractivity contribution in [1.29, 1.82) is 0 Å². The molecule has 0 spiro atoms. The summed E-state index contributed by atoms with van der Waals surface area (Å²) in [5.41, 5.74) is 1.36. The standard InChI is InChI=1S/C25H34N2O5/c1-5-14-31-19-11-10-16(15-20(19)30-4)22-21-23(28)17-8-6-7-9-18(17)32-24(21)25(29)27(22)13-12-26(2)3/h10-11,15,17-18,22H,5-9,12-14H2,1-4H3. The van der Waals surface area contributed by atoms with Crippen LogP contribution in [0, 0.1) is 5.92 Å². The predicted octanol–water partition coefficient (Wildman–Crippen LogP) is 3.34. The highest BCUT2D eigenvalue weighted by Crippen LogP contribution is 2.47. The van der Waals surface area contributed by atoms with Crippen molar-refractivity contribution in [1.82, 2.24) is 9.80 Å². The first-order valence-corrected chi connectivity index (χ1v) is 11.7. The van der Waals surface area contributed by atoms with Crippen LogP contribution in [0.3, 0.4) is 0 Å². The lowest BCUT2D eigenvalue weighted by atomic mass is 9.77. The summed E-state index contributed by atoms with van der Waals surface area (Å²) in [6.45, 7) is 3.84. The Morgan fingerprint density at radius 2 is 1.94 bits per heavy atom. The third-order valence-corrected chi connectivity index (χ3v) is 6.61. The lowest BCUT2D eigenvalue weighted by Gasteiger charge is -2.35. The van der Waals surface area contributed by atoms with E-state index in [1.807, 2.05) is 37.2 Å². The van der Waals surface area contributed by atoms with Crippen LogP contribution in [-0.2, 0) is 14.3 Å². The van der Waals surface area contributed by atoms with Crippen molar-refractivity contribution in [2.45, 2.75) is 51.2 Å². The van der Waals surface area contributed by atoms with Gasteiger partial charge in [-0.3, -0.25) is 9.59 Å². The second-order valence-corrected chi connectivity index (χ2v) is 9.12. The lowest BCUT2D eigenvalue weighted by molar-refractivity contribution is -0.135. The van der Waals surface area contributed by atoms with Gasteiger partial charge in [0.25, 0.3) is 5.91 Å². The normalized spacial score (nSPS) is 25.0. The first-order chi connectivity index (χ1) is 15.5. The SMILES string of the molecule is CCCOc1ccc(C2C3=C(OC4CCCCC4C3=O)C(=O)N2CCN(C)C)cc1OC. The molecule has 4 rings (SSSR count). The van der Waals surface area contributed by atoms with Crippen molar-refractivity contribution < 1.29 is 23.8 Å². The van der Waals surface area contributed by atoms with Crippen molar-refractivity contribution in [3.63, 3.8) is 0 Å². The Hall–Kier alpha value is -2.54. The highest BCUT2D eigenvalue weighted by molar-refractivity contribution is 6.11. The van der Waals surface area contributed by atoms with E-state index >= 15 is 0 Å². The van der Waals surface area contributed by atoms with Gasteiger partial charge in [0.15, 0.2) is 23.0 Å². The number of likely N-dealkylation sites (N-methyl/N-ethyl adjacent to an activating group) is 1. The summed E-state index contributed by atoms with van der Waals surface area (Å²) >= 11 is 0. The van der Waals surface area contributed by atoms with Crippen molar-refractivity contribution in [2.75, 3.05) is 40.9 Å². The Morgan fingerprint density at radius 3 is 2.66 bits per heavy atom. The molecule has 7 heteroatoms. The number of methoxy groups -OCH3 is 1. The van der Waals surface area contributed by atoms with E-state index < -0.39 is 6.04 Å². The van der Waals surface area contributed by atoms with Crippen LogP contribution in [0.25, 0.3) is 0 Å². The summed E-state index contributed by atoms with van der Waals surface area (Å²) in [6, 6.07) is 5.22. The van der Waals surface area contributed by atoms with Crippen LogP contribution in [0.1, 0.15) is 50.6 Å². The molecule has 1 amide bonds. The smallest absolute Gasteiger partial charge is 0.290 e. The molecule has 3 aliphatic rings. The molecule has 1 aliphatic carbocycles. The van der Waals surface area contributed by atoms with Crippen LogP contribution >= 0.6 is 0 Å². The minimum atomic E-state index is -0.470. The predicted molar refractivity (Wildman–Crippen MR) is 121 cm³/mol. The molecule has 0 N–H and O–H groups in total. The first-order valence-electron chi connectivity index (χ1n) is 11.7. The van der Waals surface area contributed by atoms with Gasteiger partial charge < -0.3 is 24.0 Å². The van der Waals surface area contributed by atoms with Crippen molar-refractivity contribution in [3.8, 4) is 11.5 Å². The molecule has 1 aromatic rings. The largest absolute Gasteiger partial charge is 0.493 e. The van der Waals surface area contributed by atoms with E-state index in [0.717, 1.165) is 37.7 Å². The highest BCUT2D eigenvalue weighted by atomic mass is 16.5. The number of Topliss-reactive ketones (excluding diaryl/α,β-unsaturated/α-hetero) is 1. The Balaban J connectivity index is 1.74.